The van der Waals surface area contributed by atoms with Crippen molar-refractivity contribution in [3.8, 4) is 11.4 Å². The number of ether oxygens (including phenoxy) is 1. The van der Waals surface area contributed by atoms with Crippen LogP contribution in [0.3, 0.4) is 0 Å². The Bertz CT molecular complexity index is 1470. The maximum atomic E-state index is 13.4. The van der Waals surface area contributed by atoms with E-state index in [0.717, 1.165) is 18.4 Å². The van der Waals surface area contributed by atoms with E-state index in [4.69, 9.17) is 9.72 Å². The number of aliphatic hydroxyl groups is 1. The van der Waals surface area contributed by atoms with Gasteiger partial charge in [-0.3, -0.25) is 4.79 Å². The van der Waals surface area contributed by atoms with Gasteiger partial charge in [-0.1, -0.05) is 37.8 Å². The normalized spacial score (nSPS) is 18.8. The van der Waals surface area contributed by atoms with Crippen molar-refractivity contribution in [2.45, 2.75) is 71.2 Å². The summed E-state index contributed by atoms with van der Waals surface area (Å²) in [6.45, 7) is 5.59. The number of hydrogen-bond acceptors (Lipinski definition) is 7. The predicted octanol–water partition coefficient (Wildman–Crippen LogP) is 3.66. The van der Waals surface area contributed by atoms with Crippen molar-refractivity contribution < 1.29 is 19.7 Å². The summed E-state index contributed by atoms with van der Waals surface area (Å²) in [5.74, 6) is -0.770. The van der Waals surface area contributed by atoms with E-state index in [-0.39, 0.29) is 47.3 Å². The number of aromatic nitrogens is 2. The quantitative estimate of drug-likeness (QED) is 0.235. The van der Waals surface area contributed by atoms with E-state index < -0.39 is 11.6 Å². The number of carbonyl (C=O) groups excluding carboxylic acids is 1. The zero-order chi connectivity index (χ0) is 25.8. The first-order valence-corrected chi connectivity index (χ1v) is 12.2. The Morgan fingerprint density at radius 1 is 1.31 bits per heavy atom. The molecule has 1 aromatic carbocycles. The number of carbonyl (C=O) groups is 1. The first-order chi connectivity index (χ1) is 17.2. The van der Waals surface area contributed by atoms with Gasteiger partial charge < -0.3 is 14.4 Å². The van der Waals surface area contributed by atoms with E-state index in [2.05, 4.69) is 6.92 Å². The highest BCUT2D eigenvalue weighted by Crippen LogP contribution is 2.40. The Labute approximate surface area is 207 Å². The summed E-state index contributed by atoms with van der Waals surface area (Å²) in [5, 5.41) is 24.5. The molecular weight excluding hydrogens is 464 g/mol. The summed E-state index contributed by atoms with van der Waals surface area (Å²) in [7, 11) is 0. The molecule has 0 radical (unpaired) electrons. The second-order valence-electron chi connectivity index (χ2n) is 9.52. The van der Waals surface area contributed by atoms with Crippen LogP contribution in [0.2, 0.25) is 0 Å². The molecule has 10 nitrogen and oxygen atoms in total. The van der Waals surface area contributed by atoms with Crippen LogP contribution in [0.25, 0.3) is 22.3 Å². The Balaban J connectivity index is 1.67. The van der Waals surface area contributed by atoms with Gasteiger partial charge >= 0.3 is 5.97 Å². The summed E-state index contributed by atoms with van der Waals surface area (Å²) >= 11 is 0. The van der Waals surface area contributed by atoms with E-state index in [1.807, 2.05) is 13.0 Å². The average molecular weight is 493 g/mol. The molecule has 4 heterocycles. The van der Waals surface area contributed by atoms with Crippen molar-refractivity contribution in [1.82, 2.24) is 9.55 Å². The molecule has 36 heavy (non-hydrogen) atoms. The minimum atomic E-state index is -1.89. The molecule has 0 amide bonds. The molecule has 0 aliphatic carbocycles. The van der Waals surface area contributed by atoms with Gasteiger partial charge in [0, 0.05) is 16.5 Å². The molecule has 2 aliphatic heterocycles. The SMILES string of the molecule is CCCCC(C)N(c1cccc2nc3c(cc12)Cn1c-3cc2c(c1=O)COC(=O)[C@]2(O)CC)[N+](=O)[O-]. The predicted molar refractivity (Wildman–Crippen MR) is 133 cm³/mol. The van der Waals surface area contributed by atoms with E-state index in [1.54, 1.807) is 35.8 Å². The van der Waals surface area contributed by atoms with Gasteiger partial charge in [-0.05, 0) is 44.0 Å². The van der Waals surface area contributed by atoms with Crippen molar-refractivity contribution in [1.29, 1.82) is 0 Å². The maximum absolute atomic E-state index is 13.4. The number of esters is 1. The van der Waals surface area contributed by atoms with Crippen LogP contribution in [0.15, 0.2) is 35.1 Å². The Morgan fingerprint density at radius 2 is 2.08 bits per heavy atom. The summed E-state index contributed by atoms with van der Waals surface area (Å²) in [6.07, 6.45) is 2.57. The molecular formula is C26H28N4O6. The van der Waals surface area contributed by atoms with Crippen molar-refractivity contribution >= 4 is 22.6 Å². The molecule has 10 heteroatoms. The van der Waals surface area contributed by atoms with Crippen molar-refractivity contribution in [2.75, 3.05) is 5.01 Å². The van der Waals surface area contributed by atoms with Crippen molar-refractivity contribution in [2.24, 2.45) is 0 Å². The zero-order valence-corrected chi connectivity index (χ0v) is 20.5. The first-order valence-electron chi connectivity index (χ1n) is 12.2. The third-order valence-corrected chi connectivity index (χ3v) is 7.34. The number of benzene rings is 1. The number of nitrogens with zero attached hydrogens (tertiary/aromatic N) is 4. The number of pyridine rings is 2. The molecule has 0 saturated heterocycles. The molecule has 188 valence electrons. The van der Waals surface area contributed by atoms with Crippen molar-refractivity contribution in [3.63, 3.8) is 0 Å². The number of unbranched alkanes of at least 4 members (excludes halogenated alkanes) is 1. The Morgan fingerprint density at radius 3 is 2.78 bits per heavy atom. The lowest BCUT2D eigenvalue weighted by molar-refractivity contribution is -0.499. The summed E-state index contributed by atoms with van der Waals surface area (Å²) in [4.78, 5) is 42.6. The monoisotopic (exact) mass is 492 g/mol. The third-order valence-electron chi connectivity index (χ3n) is 7.34. The first kappa shape index (κ1) is 23.9. The number of hydrazine groups is 1. The van der Waals surface area contributed by atoms with Gasteiger partial charge in [-0.15, -0.1) is 0 Å². The van der Waals surface area contributed by atoms with Crippen LogP contribution in [0.1, 0.15) is 63.1 Å². The smallest absolute Gasteiger partial charge is 0.343 e. The Hall–Kier alpha value is -3.79. The maximum Gasteiger partial charge on any atom is 0.343 e. The van der Waals surface area contributed by atoms with Gasteiger partial charge in [0.25, 0.3) is 5.56 Å². The van der Waals surface area contributed by atoms with Crippen LogP contribution in [0.4, 0.5) is 5.69 Å². The van der Waals surface area contributed by atoms with Crippen LogP contribution in [0, 0.1) is 10.1 Å². The molecule has 2 atom stereocenters. The molecule has 0 fully saturated rings. The standard InChI is InChI=1S/C26H28N4O6/c1-4-6-8-15(3)29(30(34)35)21-10-7-9-20-17(21)11-16-13-28-22(23(16)27-20)12-19-18(24(28)31)14-36-25(32)26(19,33)5-2/h7,9-12,15,33H,4-6,8,13-14H2,1-3H3/t15?,26-/m0/s1. The molecule has 5 rings (SSSR count). The second-order valence-corrected chi connectivity index (χ2v) is 9.52. The summed E-state index contributed by atoms with van der Waals surface area (Å²) in [5.41, 5.74) is 1.10. The fourth-order valence-corrected chi connectivity index (χ4v) is 5.29. The number of nitro groups is 1. The minimum absolute atomic E-state index is 0.0655. The van der Waals surface area contributed by atoms with E-state index in [0.29, 0.717) is 34.4 Å². The lowest BCUT2D eigenvalue weighted by atomic mass is 9.86. The molecule has 2 aromatic heterocycles. The Kier molecular flexibility index (Phi) is 5.78. The molecule has 0 bridgehead atoms. The van der Waals surface area contributed by atoms with Crippen LogP contribution >= 0.6 is 0 Å². The van der Waals surface area contributed by atoms with Gasteiger partial charge in [-0.2, -0.15) is 0 Å². The topological polar surface area (TPSA) is 128 Å². The highest BCUT2D eigenvalue weighted by atomic mass is 16.7. The van der Waals surface area contributed by atoms with Gasteiger partial charge in [0.05, 0.1) is 35.1 Å². The fourth-order valence-electron chi connectivity index (χ4n) is 5.29. The van der Waals surface area contributed by atoms with Crippen LogP contribution in [-0.2, 0) is 28.3 Å². The summed E-state index contributed by atoms with van der Waals surface area (Å²) < 4.78 is 6.67. The molecule has 3 aromatic rings. The van der Waals surface area contributed by atoms with E-state index in [1.165, 1.54) is 5.01 Å². The lowest BCUT2D eigenvalue weighted by Gasteiger charge is -2.31. The van der Waals surface area contributed by atoms with Gasteiger partial charge in [0.15, 0.2) is 10.6 Å². The van der Waals surface area contributed by atoms with Crippen LogP contribution < -0.4 is 10.6 Å². The molecule has 1 unspecified atom stereocenters. The minimum Gasteiger partial charge on any atom is -0.458 e. The lowest BCUT2D eigenvalue weighted by Crippen LogP contribution is -2.44. The molecule has 0 saturated carbocycles. The van der Waals surface area contributed by atoms with E-state index in [9.17, 15) is 24.8 Å². The average Bonchev–Trinajstić information content (AvgIpc) is 3.22. The number of anilines is 1. The van der Waals surface area contributed by atoms with Crippen LogP contribution in [-0.4, -0.2) is 31.7 Å². The number of hydrogen-bond donors (Lipinski definition) is 1. The second kappa shape index (κ2) is 8.70. The zero-order valence-electron chi connectivity index (χ0n) is 20.5. The highest BCUT2D eigenvalue weighted by molar-refractivity contribution is 5.94. The van der Waals surface area contributed by atoms with Crippen molar-refractivity contribution in [3.05, 3.63) is 67.5 Å². The number of fused-ring (bicyclic) bond motifs is 5. The van der Waals surface area contributed by atoms with Gasteiger partial charge in [-0.25, -0.2) is 19.9 Å². The largest absolute Gasteiger partial charge is 0.458 e. The molecule has 1 N–H and O–H groups in total. The van der Waals surface area contributed by atoms with Gasteiger partial charge in [0.1, 0.15) is 12.3 Å². The van der Waals surface area contributed by atoms with E-state index >= 15 is 0 Å². The van der Waals surface area contributed by atoms with Crippen LogP contribution in [0.5, 0.6) is 0 Å². The molecule has 2 aliphatic rings. The summed E-state index contributed by atoms with van der Waals surface area (Å²) in [6, 6.07) is 8.45. The van der Waals surface area contributed by atoms with Gasteiger partial charge in [0.2, 0.25) is 0 Å². The fraction of sp³-hybridized carbons (Fsp3) is 0.423. The number of rotatable bonds is 7. The molecule has 0 spiro atoms. The number of cyclic esters (lactones) is 1. The highest BCUT2D eigenvalue weighted by Gasteiger charge is 2.45. The third kappa shape index (κ3) is 3.47.